The van der Waals surface area contributed by atoms with Crippen LogP contribution in [0.5, 0.6) is 5.75 Å². The molecule has 2 aromatic heterocycles. The summed E-state index contributed by atoms with van der Waals surface area (Å²) in [5, 5.41) is 7.78. The van der Waals surface area contributed by atoms with Crippen molar-refractivity contribution in [3.8, 4) is 17.0 Å². The summed E-state index contributed by atoms with van der Waals surface area (Å²) in [4.78, 5) is 11.1. The van der Waals surface area contributed by atoms with Crippen molar-refractivity contribution in [1.29, 1.82) is 0 Å². The Morgan fingerprint density at radius 1 is 1.13 bits per heavy atom. The van der Waals surface area contributed by atoms with Gasteiger partial charge in [-0.05, 0) is 31.5 Å². The number of nitrogens with one attached hydrogen (secondary N) is 1. The molecule has 0 saturated carbocycles. The minimum Gasteiger partial charge on any atom is -0.492 e. The highest BCUT2D eigenvalue weighted by atomic mass is 19.1. The molecule has 1 saturated heterocycles. The van der Waals surface area contributed by atoms with Gasteiger partial charge in [-0.25, -0.2) is 14.4 Å². The number of nitrogens with zero attached hydrogens (tertiary/aromatic N) is 5. The van der Waals surface area contributed by atoms with Gasteiger partial charge in [-0.2, -0.15) is 5.10 Å². The van der Waals surface area contributed by atoms with Crippen molar-refractivity contribution in [2.75, 3.05) is 37.7 Å². The van der Waals surface area contributed by atoms with Gasteiger partial charge in [0.2, 0.25) is 0 Å². The Bertz CT molecular complexity index is 1030. The molecule has 158 valence electrons. The highest BCUT2D eigenvalue weighted by Gasteiger charge is 2.16. The van der Waals surface area contributed by atoms with E-state index in [9.17, 15) is 4.39 Å². The molecule has 0 unspecified atom stereocenters. The van der Waals surface area contributed by atoms with Crippen LogP contribution >= 0.6 is 0 Å². The van der Waals surface area contributed by atoms with Gasteiger partial charge in [0.1, 0.15) is 23.7 Å². The van der Waals surface area contributed by atoms with E-state index in [-0.39, 0.29) is 5.82 Å². The van der Waals surface area contributed by atoms with Crippen LogP contribution in [0.4, 0.5) is 10.2 Å². The monoisotopic (exact) mass is 410 g/mol. The number of aryl methyl sites for hydroxylation is 2. The summed E-state index contributed by atoms with van der Waals surface area (Å²) >= 11 is 0. The lowest BCUT2D eigenvalue weighted by Crippen LogP contribution is -2.43. The summed E-state index contributed by atoms with van der Waals surface area (Å²) in [5.41, 5.74) is 4.76. The molecular formula is C22H27FN6O. The normalized spacial score (nSPS) is 14.2. The SMILES string of the molecule is Cc1nn(C)c(C)c1CCOc1cc(F)ccc1-c1cc(N2CCNCC2)ncn1. The van der Waals surface area contributed by atoms with E-state index in [0.717, 1.165) is 54.6 Å². The van der Waals surface area contributed by atoms with E-state index in [4.69, 9.17) is 4.74 Å². The quantitative estimate of drug-likeness (QED) is 0.674. The van der Waals surface area contributed by atoms with E-state index in [0.29, 0.717) is 18.8 Å². The van der Waals surface area contributed by atoms with Crippen LogP contribution in [0.2, 0.25) is 0 Å². The Hall–Kier alpha value is -3.00. The smallest absolute Gasteiger partial charge is 0.132 e. The Balaban J connectivity index is 1.55. The summed E-state index contributed by atoms with van der Waals surface area (Å²) in [6, 6.07) is 6.52. The molecule has 1 fully saturated rings. The summed E-state index contributed by atoms with van der Waals surface area (Å²) in [7, 11) is 1.93. The Labute approximate surface area is 175 Å². The van der Waals surface area contributed by atoms with E-state index >= 15 is 0 Å². The molecule has 0 atom stereocenters. The van der Waals surface area contributed by atoms with Gasteiger partial charge in [0.05, 0.1) is 18.0 Å². The maximum Gasteiger partial charge on any atom is 0.132 e. The maximum absolute atomic E-state index is 14.0. The lowest BCUT2D eigenvalue weighted by Gasteiger charge is -2.28. The zero-order valence-electron chi connectivity index (χ0n) is 17.7. The third-order valence-corrected chi connectivity index (χ3v) is 5.58. The first-order valence-corrected chi connectivity index (χ1v) is 10.2. The number of benzene rings is 1. The van der Waals surface area contributed by atoms with Crippen LogP contribution in [0.25, 0.3) is 11.3 Å². The summed E-state index contributed by atoms with van der Waals surface area (Å²) in [6.45, 7) is 8.12. The molecule has 0 bridgehead atoms. The molecule has 0 spiro atoms. The van der Waals surface area contributed by atoms with Crippen LogP contribution in [-0.2, 0) is 13.5 Å². The fourth-order valence-electron chi connectivity index (χ4n) is 3.83. The number of anilines is 1. The lowest BCUT2D eigenvalue weighted by molar-refractivity contribution is 0.321. The number of halogens is 1. The van der Waals surface area contributed by atoms with Gasteiger partial charge < -0.3 is 15.0 Å². The molecule has 0 aliphatic carbocycles. The Kier molecular flexibility index (Phi) is 5.94. The topological polar surface area (TPSA) is 68.1 Å². The molecule has 8 heteroatoms. The molecule has 1 aliphatic rings. The van der Waals surface area contributed by atoms with Gasteiger partial charge >= 0.3 is 0 Å². The van der Waals surface area contributed by atoms with Gasteiger partial charge in [-0.3, -0.25) is 4.68 Å². The number of hydrogen-bond donors (Lipinski definition) is 1. The predicted molar refractivity (Wildman–Crippen MR) is 114 cm³/mol. The number of hydrogen-bond acceptors (Lipinski definition) is 6. The van der Waals surface area contributed by atoms with Crippen molar-refractivity contribution in [1.82, 2.24) is 25.1 Å². The van der Waals surface area contributed by atoms with E-state index < -0.39 is 0 Å². The number of rotatable bonds is 6. The first kappa shape index (κ1) is 20.3. The summed E-state index contributed by atoms with van der Waals surface area (Å²) < 4.78 is 21.9. The van der Waals surface area contributed by atoms with E-state index in [1.165, 1.54) is 17.7 Å². The molecular weight excluding hydrogens is 383 g/mol. The molecule has 1 aliphatic heterocycles. The zero-order valence-corrected chi connectivity index (χ0v) is 17.7. The van der Waals surface area contributed by atoms with Crippen molar-refractivity contribution in [3.63, 3.8) is 0 Å². The Morgan fingerprint density at radius 2 is 1.93 bits per heavy atom. The third kappa shape index (κ3) is 4.28. The van der Waals surface area contributed by atoms with Crippen molar-refractivity contribution in [2.45, 2.75) is 20.3 Å². The fourth-order valence-corrected chi connectivity index (χ4v) is 3.83. The Morgan fingerprint density at radius 3 is 2.67 bits per heavy atom. The van der Waals surface area contributed by atoms with Crippen molar-refractivity contribution < 1.29 is 9.13 Å². The molecule has 1 N–H and O–H groups in total. The maximum atomic E-state index is 14.0. The summed E-state index contributed by atoms with van der Waals surface area (Å²) in [5.74, 6) is 1.02. The molecule has 3 heterocycles. The van der Waals surface area contributed by atoms with Gasteiger partial charge in [-0.15, -0.1) is 0 Å². The molecule has 0 radical (unpaired) electrons. The van der Waals surface area contributed by atoms with E-state index in [1.807, 2.05) is 31.6 Å². The first-order valence-electron chi connectivity index (χ1n) is 10.2. The fraction of sp³-hybridized carbons (Fsp3) is 0.409. The van der Waals surface area contributed by atoms with Gasteiger partial charge in [-0.1, -0.05) is 0 Å². The average Bonchev–Trinajstić information content (AvgIpc) is 3.00. The molecule has 0 amide bonds. The average molecular weight is 410 g/mol. The predicted octanol–water partition coefficient (Wildman–Crippen LogP) is 2.66. The minimum absolute atomic E-state index is 0.334. The van der Waals surface area contributed by atoms with Crippen LogP contribution in [0.3, 0.4) is 0 Å². The van der Waals surface area contributed by atoms with E-state index in [2.05, 4.69) is 25.3 Å². The largest absolute Gasteiger partial charge is 0.492 e. The molecule has 30 heavy (non-hydrogen) atoms. The van der Waals surface area contributed by atoms with Crippen molar-refractivity contribution in [3.05, 3.63) is 53.4 Å². The van der Waals surface area contributed by atoms with Crippen LogP contribution in [0.15, 0.2) is 30.6 Å². The summed E-state index contributed by atoms with van der Waals surface area (Å²) in [6.07, 6.45) is 2.26. The van der Waals surface area contributed by atoms with Gasteiger partial charge in [0, 0.05) is 63.0 Å². The molecule has 4 rings (SSSR count). The highest BCUT2D eigenvalue weighted by molar-refractivity contribution is 5.69. The van der Waals surface area contributed by atoms with Gasteiger partial charge in [0.15, 0.2) is 0 Å². The van der Waals surface area contributed by atoms with Crippen molar-refractivity contribution >= 4 is 5.82 Å². The van der Waals surface area contributed by atoms with E-state index in [1.54, 1.807) is 12.4 Å². The van der Waals surface area contributed by atoms with Crippen molar-refractivity contribution in [2.24, 2.45) is 7.05 Å². The highest BCUT2D eigenvalue weighted by Crippen LogP contribution is 2.31. The second kappa shape index (κ2) is 8.79. The number of aromatic nitrogens is 4. The van der Waals surface area contributed by atoms with Crippen LogP contribution < -0.4 is 15.0 Å². The third-order valence-electron chi connectivity index (χ3n) is 5.58. The molecule has 1 aromatic carbocycles. The minimum atomic E-state index is -0.334. The van der Waals surface area contributed by atoms with Gasteiger partial charge in [0.25, 0.3) is 0 Å². The van der Waals surface area contributed by atoms with Crippen LogP contribution in [-0.4, -0.2) is 52.5 Å². The molecule has 3 aromatic rings. The molecule has 7 nitrogen and oxygen atoms in total. The number of piperazine rings is 1. The van der Waals surface area contributed by atoms with Crippen LogP contribution in [0, 0.1) is 19.7 Å². The lowest BCUT2D eigenvalue weighted by atomic mass is 10.1. The second-order valence-corrected chi connectivity index (χ2v) is 7.51. The number of ether oxygens (including phenoxy) is 1. The second-order valence-electron chi connectivity index (χ2n) is 7.51. The zero-order chi connectivity index (χ0) is 21.1. The standard InChI is InChI=1S/C22H27FN6O/c1-15-18(16(2)28(3)27-15)6-11-30-21-12-17(23)4-5-19(21)20-13-22(26-14-25-20)29-9-7-24-8-10-29/h4-5,12-14,24H,6-11H2,1-3H3. The van der Waals surface area contributed by atoms with Crippen LogP contribution in [0.1, 0.15) is 17.0 Å². The first-order chi connectivity index (χ1) is 14.5.